The van der Waals surface area contributed by atoms with Gasteiger partial charge in [0.15, 0.2) is 0 Å². The Balaban J connectivity index is 2.70. The molecule has 0 aliphatic carbocycles. The number of carbonyl (C=O) groups is 1. The fourth-order valence-electron chi connectivity index (χ4n) is 1.25. The lowest BCUT2D eigenvalue weighted by atomic mass is 10.1. The van der Waals surface area contributed by atoms with E-state index in [4.69, 9.17) is 10.00 Å². The number of hydrogen-bond acceptors (Lipinski definition) is 3. The van der Waals surface area contributed by atoms with Crippen LogP contribution in [-0.4, -0.2) is 12.6 Å². The fraction of sp³-hybridized carbons (Fsp3) is 0.231. The minimum absolute atomic E-state index is 0.354. The van der Waals surface area contributed by atoms with Crippen molar-refractivity contribution < 1.29 is 9.53 Å². The number of nitrogens with zero attached hydrogens (tertiary/aromatic N) is 1. The molecule has 82 valence electrons. The molecule has 0 aliphatic rings. The first-order valence-corrected chi connectivity index (χ1v) is 5.07. The number of hydrogen-bond donors (Lipinski definition) is 0. The lowest BCUT2D eigenvalue weighted by Gasteiger charge is -1.97. The summed E-state index contributed by atoms with van der Waals surface area (Å²) < 4.78 is 4.76. The third-order valence-electron chi connectivity index (χ3n) is 1.93. The molecule has 0 amide bonds. The van der Waals surface area contributed by atoms with Crippen LogP contribution in [-0.2, 0) is 16.0 Å². The van der Waals surface area contributed by atoms with Crippen LogP contribution in [0.3, 0.4) is 0 Å². The molecule has 1 aromatic carbocycles. The molecule has 0 spiro atoms. The molecular formula is C13H13NO2. The molecule has 1 rings (SSSR count). The average molecular weight is 215 g/mol. The van der Waals surface area contributed by atoms with Crippen LogP contribution < -0.4 is 0 Å². The Hall–Kier alpha value is -2.08. The van der Waals surface area contributed by atoms with Gasteiger partial charge in [0, 0.05) is 6.08 Å². The van der Waals surface area contributed by atoms with Gasteiger partial charge < -0.3 is 4.74 Å². The number of esters is 1. The Morgan fingerprint density at radius 2 is 2.38 bits per heavy atom. The van der Waals surface area contributed by atoms with E-state index in [0.29, 0.717) is 13.0 Å². The molecule has 16 heavy (non-hydrogen) atoms. The molecule has 3 nitrogen and oxygen atoms in total. The maximum Gasteiger partial charge on any atom is 0.330 e. The van der Waals surface area contributed by atoms with Crippen molar-refractivity contribution in [1.29, 1.82) is 5.26 Å². The summed E-state index contributed by atoms with van der Waals surface area (Å²) in [6.45, 7) is 2.14. The quantitative estimate of drug-likeness (QED) is 0.572. The van der Waals surface area contributed by atoms with E-state index in [1.165, 1.54) is 6.08 Å². The van der Waals surface area contributed by atoms with E-state index >= 15 is 0 Å². The van der Waals surface area contributed by atoms with Crippen LogP contribution in [0.2, 0.25) is 0 Å². The molecule has 0 aliphatic heterocycles. The van der Waals surface area contributed by atoms with E-state index in [-0.39, 0.29) is 5.97 Å². The van der Waals surface area contributed by atoms with Gasteiger partial charge in [-0.05, 0) is 24.1 Å². The van der Waals surface area contributed by atoms with Crippen molar-refractivity contribution in [2.75, 3.05) is 6.61 Å². The zero-order valence-corrected chi connectivity index (χ0v) is 9.14. The molecule has 0 atom stereocenters. The molecule has 3 heteroatoms. The van der Waals surface area contributed by atoms with E-state index in [1.807, 2.05) is 24.3 Å². The molecule has 0 bridgehead atoms. The first-order chi connectivity index (χ1) is 7.76. The molecule has 1 aromatic rings. The molecule has 0 saturated heterocycles. The number of nitriles is 1. The van der Waals surface area contributed by atoms with Gasteiger partial charge in [0.1, 0.15) is 0 Å². The van der Waals surface area contributed by atoms with Crippen LogP contribution in [0.25, 0.3) is 6.08 Å². The summed E-state index contributed by atoms with van der Waals surface area (Å²) >= 11 is 0. The number of carbonyl (C=O) groups excluding carboxylic acids is 1. The van der Waals surface area contributed by atoms with Gasteiger partial charge >= 0.3 is 5.97 Å². The highest BCUT2D eigenvalue weighted by Crippen LogP contribution is 2.07. The second-order valence-electron chi connectivity index (χ2n) is 3.17. The minimum Gasteiger partial charge on any atom is -0.463 e. The topological polar surface area (TPSA) is 50.1 Å². The van der Waals surface area contributed by atoms with Gasteiger partial charge in [0.2, 0.25) is 0 Å². The first kappa shape index (κ1) is 12.0. The molecule has 0 saturated carbocycles. The van der Waals surface area contributed by atoms with Crippen LogP contribution in [0.1, 0.15) is 18.1 Å². The van der Waals surface area contributed by atoms with Crippen molar-refractivity contribution >= 4 is 12.0 Å². The predicted molar refractivity (Wildman–Crippen MR) is 61.4 cm³/mol. The maximum absolute atomic E-state index is 11.1. The van der Waals surface area contributed by atoms with Crippen molar-refractivity contribution in [2.24, 2.45) is 0 Å². The van der Waals surface area contributed by atoms with Crippen molar-refractivity contribution in [3.8, 4) is 6.07 Å². The Bertz CT molecular complexity index is 430. The second kappa shape index (κ2) is 6.41. The van der Waals surface area contributed by atoms with Crippen molar-refractivity contribution in [3.63, 3.8) is 0 Å². The van der Waals surface area contributed by atoms with Gasteiger partial charge in [-0.15, -0.1) is 0 Å². The van der Waals surface area contributed by atoms with Gasteiger partial charge in [0.25, 0.3) is 0 Å². The highest BCUT2D eigenvalue weighted by molar-refractivity contribution is 5.87. The minimum atomic E-state index is -0.354. The van der Waals surface area contributed by atoms with Crippen molar-refractivity contribution in [2.45, 2.75) is 13.3 Å². The number of rotatable bonds is 4. The number of ether oxygens (including phenoxy) is 1. The summed E-state index contributed by atoms with van der Waals surface area (Å²) in [6.07, 6.45) is 3.44. The zero-order valence-electron chi connectivity index (χ0n) is 9.14. The predicted octanol–water partition coefficient (Wildman–Crippen LogP) is 2.33. The monoisotopic (exact) mass is 215 g/mol. The van der Waals surface area contributed by atoms with Crippen LogP contribution >= 0.6 is 0 Å². The van der Waals surface area contributed by atoms with Gasteiger partial charge in [-0.25, -0.2) is 4.79 Å². The largest absolute Gasteiger partial charge is 0.463 e. The summed E-state index contributed by atoms with van der Waals surface area (Å²) in [7, 11) is 0. The van der Waals surface area contributed by atoms with Crippen LogP contribution in [0.4, 0.5) is 0 Å². The molecule has 0 aromatic heterocycles. The van der Waals surface area contributed by atoms with Gasteiger partial charge in [-0.1, -0.05) is 24.3 Å². The molecule has 0 unspecified atom stereocenters. The Morgan fingerprint density at radius 3 is 3.06 bits per heavy atom. The van der Waals surface area contributed by atoms with Crippen LogP contribution in [0, 0.1) is 11.3 Å². The summed E-state index contributed by atoms with van der Waals surface area (Å²) in [4.78, 5) is 11.1. The Labute approximate surface area is 95.0 Å². The molecule has 0 heterocycles. The summed E-state index contributed by atoms with van der Waals surface area (Å²) in [5.41, 5.74) is 1.83. The van der Waals surface area contributed by atoms with E-state index in [9.17, 15) is 4.79 Å². The van der Waals surface area contributed by atoms with E-state index in [2.05, 4.69) is 6.07 Å². The molecule has 0 fully saturated rings. The number of benzene rings is 1. The lowest BCUT2D eigenvalue weighted by molar-refractivity contribution is -0.137. The Morgan fingerprint density at radius 1 is 1.56 bits per heavy atom. The van der Waals surface area contributed by atoms with Crippen LogP contribution in [0.5, 0.6) is 0 Å². The molecule has 0 radical (unpaired) electrons. The third kappa shape index (κ3) is 3.97. The normalized spacial score (nSPS) is 10.0. The molecule has 0 N–H and O–H groups in total. The summed E-state index contributed by atoms with van der Waals surface area (Å²) in [5.74, 6) is -0.354. The summed E-state index contributed by atoms with van der Waals surface area (Å²) in [6, 6.07) is 9.56. The zero-order chi connectivity index (χ0) is 11.8. The van der Waals surface area contributed by atoms with Crippen molar-refractivity contribution in [1.82, 2.24) is 0 Å². The van der Waals surface area contributed by atoms with E-state index in [1.54, 1.807) is 13.0 Å². The van der Waals surface area contributed by atoms with Crippen molar-refractivity contribution in [3.05, 3.63) is 41.5 Å². The third-order valence-corrected chi connectivity index (χ3v) is 1.93. The standard InChI is InChI=1S/C13H13NO2/c1-2-16-13(15)7-6-11-4-3-5-12(10-11)8-9-14/h3-7,10H,2,8H2,1H3/b7-6+. The molecular weight excluding hydrogens is 202 g/mol. The van der Waals surface area contributed by atoms with Crippen LogP contribution in [0.15, 0.2) is 30.3 Å². The highest BCUT2D eigenvalue weighted by atomic mass is 16.5. The average Bonchev–Trinajstić information content (AvgIpc) is 2.28. The van der Waals surface area contributed by atoms with Gasteiger partial charge in [-0.3, -0.25) is 0 Å². The maximum atomic E-state index is 11.1. The Kier molecular flexibility index (Phi) is 4.81. The van der Waals surface area contributed by atoms with E-state index < -0.39 is 0 Å². The van der Waals surface area contributed by atoms with E-state index in [0.717, 1.165) is 11.1 Å². The SMILES string of the molecule is CCOC(=O)/C=C/c1cccc(CC#N)c1. The second-order valence-corrected chi connectivity index (χ2v) is 3.17. The van der Waals surface area contributed by atoms with Gasteiger partial charge in [-0.2, -0.15) is 5.26 Å². The smallest absolute Gasteiger partial charge is 0.330 e. The fourth-order valence-corrected chi connectivity index (χ4v) is 1.25. The summed E-state index contributed by atoms with van der Waals surface area (Å²) in [5, 5.41) is 8.56. The lowest BCUT2D eigenvalue weighted by Crippen LogP contribution is -1.98. The highest BCUT2D eigenvalue weighted by Gasteiger charge is 1.95. The van der Waals surface area contributed by atoms with Gasteiger partial charge in [0.05, 0.1) is 19.1 Å². The first-order valence-electron chi connectivity index (χ1n) is 5.07.